The highest BCUT2D eigenvalue weighted by Crippen LogP contribution is 2.68. The van der Waals surface area contributed by atoms with Gasteiger partial charge in [0.05, 0.1) is 12.6 Å². The molecule has 0 radical (unpaired) electrons. The van der Waals surface area contributed by atoms with E-state index < -0.39 is 0 Å². The van der Waals surface area contributed by atoms with Gasteiger partial charge in [0.2, 0.25) is 0 Å². The molecule has 5 atom stereocenters. The van der Waals surface area contributed by atoms with E-state index in [1.54, 1.807) is 0 Å². The fourth-order valence-corrected chi connectivity index (χ4v) is 4.85. The van der Waals surface area contributed by atoms with Crippen molar-refractivity contribution in [1.29, 1.82) is 0 Å². The first-order chi connectivity index (χ1) is 10.1. The van der Waals surface area contributed by atoms with Gasteiger partial charge in [-0.25, -0.2) is 4.99 Å². The number of hydrogen-bond donors (Lipinski definition) is 1. The maximum absolute atomic E-state index is 5.87. The minimum atomic E-state index is 0.424. The van der Waals surface area contributed by atoms with E-state index in [0.717, 1.165) is 24.1 Å². The Hall–Kier alpha value is -1.51. The number of para-hydroxylation sites is 1. The lowest BCUT2D eigenvalue weighted by molar-refractivity contribution is 0.119. The number of ether oxygens (including phenoxy) is 1. The summed E-state index contributed by atoms with van der Waals surface area (Å²) in [7, 11) is 0. The van der Waals surface area contributed by atoms with E-state index in [2.05, 4.69) is 26.1 Å². The second-order valence-corrected chi connectivity index (χ2v) is 7.54. The van der Waals surface area contributed by atoms with Crippen LogP contribution in [-0.4, -0.2) is 18.7 Å². The van der Waals surface area contributed by atoms with Crippen molar-refractivity contribution < 1.29 is 4.74 Å². The predicted octanol–water partition coefficient (Wildman–Crippen LogP) is 3.78. The van der Waals surface area contributed by atoms with Crippen LogP contribution in [0.5, 0.6) is 0 Å². The number of hydrogen-bond acceptors (Lipinski definition) is 3. The van der Waals surface area contributed by atoms with Crippen LogP contribution in [0.1, 0.15) is 27.2 Å². The second kappa shape index (κ2) is 4.49. The molecule has 2 saturated carbocycles. The normalized spacial score (nSPS) is 39.4. The zero-order valence-electron chi connectivity index (χ0n) is 13.0. The van der Waals surface area contributed by atoms with Gasteiger partial charge in [-0.15, -0.1) is 0 Å². The van der Waals surface area contributed by atoms with Gasteiger partial charge in [-0.1, -0.05) is 39.0 Å². The van der Waals surface area contributed by atoms with Crippen molar-refractivity contribution >= 4 is 11.7 Å². The third-order valence-electron chi connectivity index (χ3n) is 6.01. The van der Waals surface area contributed by atoms with Gasteiger partial charge in [0.1, 0.15) is 0 Å². The molecule has 2 aliphatic carbocycles. The monoisotopic (exact) mass is 284 g/mol. The summed E-state index contributed by atoms with van der Waals surface area (Å²) < 4.78 is 5.87. The van der Waals surface area contributed by atoms with E-state index in [1.807, 2.05) is 30.3 Å². The van der Waals surface area contributed by atoms with Gasteiger partial charge in [0, 0.05) is 11.6 Å². The van der Waals surface area contributed by atoms with Crippen LogP contribution in [0.15, 0.2) is 35.3 Å². The average molecular weight is 284 g/mol. The molecule has 0 amide bonds. The first kappa shape index (κ1) is 13.2. The van der Waals surface area contributed by atoms with Crippen molar-refractivity contribution in [2.75, 3.05) is 11.9 Å². The van der Waals surface area contributed by atoms with Crippen LogP contribution in [-0.2, 0) is 4.74 Å². The molecule has 4 rings (SSSR count). The standard InChI is InChI=1S/C18H24N2O/c1-11-15-14(18(15,2)3)9-12-10-21-17(20-16(11)12)19-13-7-5-4-6-8-13/h4-8,11-12,14-16H,9-10H2,1-3H3,(H,19,20)/t11-,12+,14-,15+,16?/m1/s1. The molecule has 0 spiro atoms. The molecule has 2 fully saturated rings. The van der Waals surface area contributed by atoms with Gasteiger partial charge < -0.3 is 10.1 Å². The number of rotatable bonds is 1. The van der Waals surface area contributed by atoms with Crippen LogP contribution in [0.3, 0.4) is 0 Å². The number of aliphatic imine (C=N–C) groups is 1. The summed E-state index contributed by atoms with van der Waals surface area (Å²) in [5.41, 5.74) is 1.56. The van der Waals surface area contributed by atoms with Gasteiger partial charge in [-0.2, -0.15) is 0 Å². The number of nitrogens with zero attached hydrogens (tertiary/aromatic N) is 1. The molecule has 1 aromatic rings. The number of benzene rings is 1. The van der Waals surface area contributed by atoms with Gasteiger partial charge in [0.15, 0.2) is 0 Å². The van der Waals surface area contributed by atoms with Gasteiger partial charge >= 0.3 is 0 Å². The summed E-state index contributed by atoms with van der Waals surface area (Å²) in [6, 6.07) is 11.3. The van der Waals surface area contributed by atoms with Crippen molar-refractivity contribution in [2.24, 2.45) is 34.1 Å². The van der Waals surface area contributed by atoms with Crippen molar-refractivity contribution in [1.82, 2.24) is 0 Å². The molecule has 21 heavy (non-hydrogen) atoms. The highest BCUT2D eigenvalue weighted by Gasteiger charge is 2.65. The van der Waals surface area contributed by atoms with Crippen molar-refractivity contribution in [2.45, 2.75) is 33.2 Å². The number of fused-ring (bicyclic) bond motifs is 2. The minimum absolute atomic E-state index is 0.424. The summed E-state index contributed by atoms with van der Waals surface area (Å²) in [5, 5.41) is 3.31. The maximum atomic E-state index is 5.87. The van der Waals surface area contributed by atoms with Crippen molar-refractivity contribution in [3.63, 3.8) is 0 Å². The first-order valence-electron chi connectivity index (χ1n) is 8.10. The minimum Gasteiger partial charge on any atom is -0.465 e. The van der Waals surface area contributed by atoms with E-state index in [9.17, 15) is 0 Å². The number of amidine groups is 1. The summed E-state index contributed by atoms with van der Waals surface area (Å²) >= 11 is 0. The molecule has 1 N–H and O–H groups in total. The zero-order valence-corrected chi connectivity index (χ0v) is 13.0. The smallest absolute Gasteiger partial charge is 0.289 e. The summed E-state index contributed by atoms with van der Waals surface area (Å²) in [6.45, 7) is 8.04. The lowest BCUT2D eigenvalue weighted by Crippen LogP contribution is -2.41. The molecular formula is C18H24N2O. The molecule has 3 nitrogen and oxygen atoms in total. The molecule has 112 valence electrons. The Kier molecular flexibility index (Phi) is 2.82. The molecule has 0 bridgehead atoms. The molecule has 1 aliphatic heterocycles. The van der Waals surface area contributed by atoms with Crippen LogP contribution < -0.4 is 5.32 Å². The number of nitrogens with one attached hydrogen (secondary N) is 1. The van der Waals surface area contributed by atoms with Crippen LogP contribution in [0.2, 0.25) is 0 Å². The molecule has 3 aliphatic rings. The number of anilines is 1. The zero-order chi connectivity index (χ0) is 14.6. The van der Waals surface area contributed by atoms with Crippen LogP contribution in [0.4, 0.5) is 5.69 Å². The van der Waals surface area contributed by atoms with Crippen LogP contribution >= 0.6 is 0 Å². The van der Waals surface area contributed by atoms with E-state index >= 15 is 0 Å². The van der Waals surface area contributed by atoms with Gasteiger partial charge in [-0.05, 0) is 41.7 Å². The largest absolute Gasteiger partial charge is 0.465 e. The second-order valence-electron chi connectivity index (χ2n) is 7.54. The quantitative estimate of drug-likeness (QED) is 0.851. The first-order valence-corrected chi connectivity index (χ1v) is 8.10. The SMILES string of the molecule is C[C@H]1C2N=C(Nc3ccccc3)OC[C@@H]2C[C@@H]2[C@H]1C2(C)C. The highest BCUT2D eigenvalue weighted by atomic mass is 16.5. The Morgan fingerprint density at radius 2 is 2.00 bits per heavy atom. The molecule has 0 aromatic heterocycles. The van der Waals surface area contributed by atoms with E-state index in [4.69, 9.17) is 9.73 Å². The van der Waals surface area contributed by atoms with E-state index in [1.165, 1.54) is 6.42 Å². The van der Waals surface area contributed by atoms with Crippen LogP contribution in [0, 0.1) is 29.1 Å². The highest BCUT2D eigenvalue weighted by molar-refractivity contribution is 5.89. The fraction of sp³-hybridized carbons (Fsp3) is 0.611. The third-order valence-corrected chi connectivity index (χ3v) is 6.01. The Labute approximate surface area is 126 Å². The Balaban J connectivity index is 1.53. The fourth-order valence-electron chi connectivity index (χ4n) is 4.85. The third kappa shape index (κ3) is 2.05. The lowest BCUT2D eigenvalue weighted by Gasteiger charge is -2.36. The molecule has 1 unspecified atom stereocenters. The predicted molar refractivity (Wildman–Crippen MR) is 85.3 cm³/mol. The maximum Gasteiger partial charge on any atom is 0.289 e. The Morgan fingerprint density at radius 3 is 2.76 bits per heavy atom. The molecule has 0 saturated heterocycles. The van der Waals surface area contributed by atoms with Crippen LogP contribution in [0.25, 0.3) is 0 Å². The van der Waals surface area contributed by atoms with Crippen molar-refractivity contribution in [3.05, 3.63) is 30.3 Å². The lowest BCUT2D eigenvalue weighted by atomic mass is 9.78. The Bertz CT molecular complexity index is 566. The van der Waals surface area contributed by atoms with Crippen molar-refractivity contribution in [3.8, 4) is 0 Å². The van der Waals surface area contributed by atoms with Gasteiger partial charge in [-0.3, -0.25) is 0 Å². The molecular weight excluding hydrogens is 260 g/mol. The van der Waals surface area contributed by atoms with E-state index in [-0.39, 0.29) is 0 Å². The molecule has 1 aromatic carbocycles. The van der Waals surface area contributed by atoms with Gasteiger partial charge in [0.25, 0.3) is 6.02 Å². The molecule has 1 heterocycles. The van der Waals surface area contributed by atoms with E-state index in [0.29, 0.717) is 29.3 Å². The summed E-state index contributed by atoms with van der Waals surface area (Å²) in [6.07, 6.45) is 1.29. The summed E-state index contributed by atoms with van der Waals surface area (Å²) in [5.74, 6) is 3.00. The summed E-state index contributed by atoms with van der Waals surface area (Å²) in [4.78, 5) is 4.91. The topological polar surface area (TPSA) is 33.6 Å². The Morgan fingerprint density at radius 1 is 1.24 bits per heavy atom. The average Bonchev–Trinajstić information content (AvgIpc) is 3.03. The molecule has 3 heteroatoms.